The first-order valence-corrected chi connectivity index (χ1v) is 7.01. The molecule has 0 atom stereocenters. The van der Waals surface area contributed by atoms with Gasteiger partial charge < -0.3 is 10.5 Å². The first-order valence-electron chi connectivity index (χ1n) is 6.63. The summed E-state index contributed by atoms with van der Waals surface area (Å²) in [5.74, 6) is 1.50. The highest BCUT2D eigenvalue weighted by Crippen LogP contribution is 2.34. The summed E-state index contributed by atoms with van der Waals surface area (Å²) >= 11 is 6.04. The molecule has 106 valence electrons. The summed E-state index contributed by atoms with van der Waals surface area (Å²) in [5, 5.41) is 2.57. The van der Waals surface area contributed by atoms with Gasteiger partial charge in [-0.15, -0.1) is 0 Å². The van der Waals surface area contributed by atoms with Gasteiger partial charge in [0.15, 0.2) is 0 Å². The lowest BCUT2D eigenvalue weighted by Crippen LogP contribution is -1.93. The van der Waals surface area contributed by atoms with Gasteiger partial charge in [-0.1, -0.05) is 11.6 Å². The van der Waals surface area contributed by atoms with E-state index >= 15 is 0 Å². The van der Waals surface area contributed by atoms with Gasteiger partial charge >= 0.3 is 0 Å². The lowest BCUT2D eigenvalue weighted by Gasteiger charge is -2.11. The molecule has 0 saturated carbocycles. The highest BCUT2D eigenvalue weighted by molar-refractivity contribution is 6.31. The Kier molecular flexibility index (Phi) is 3.43. The number of hydrogen-bond donors (Lipinski definition) is 1. The van der Waals surface area contributed by atoms with E-state index in [4.69, 9.17) is 22.1 Å². The Hall–Kier alpha value is -2.26. The van der Waals surface area contributed by atoms with Crippen molar-refractivity contribution in [2.75, 3.05) is 5.73 Å². The molecular formula is C17H15ClN2O. The highest BCUT2D eigenvalue weighted by Gasteiger charge is 2.08. The largest absolute Gasteiger partial charge is 0.457 e. The predicted molar refractivity (Wildman–Crippen MR) is 87.2 cm³/mol. The van der Waals surface area contributed by atoms with Crippen LogP contribution in [0.15, 0.2) is 42.6 Å². The third-order valence-electron chi connectivity index (χ3n) is 3.39. The molecule has 3 aromatic rings. The molecule has 3 nitrogen and oxygen atoms in total. The molecule has 0 amide bonds. The quantitative estimate of drug-likeness (QED) is 0.686. The zero-order valence-corrected chi connectivity index (χ0v) is 12.6. The van der Waals surface area contributed by atoms with E-state index in [-0.39, 0.29) is 0 Å². The molecule has 0 aliphatic rings. The van der Waals surface area contributed by atoms with Gasteiger partial charge in [-0.3, -0.25) is 4.98 Å². The van der Waals surface area contributed by atoms with Gasteiger partial charge in [-0.25, -0.2) is 0 Å². The third-order valence-corrected chi connectivity index (χ3v) is 3.81. The number of aryl methyl sites for hydroxylation is 2. The van der Waals surface area contributed by atoms with Gasteiger partial charge in [-0.05, 0) is 55.8 Å². The lowest BCUT2D eigenvalue weighted by atomic mass is 10.1. The van der Waals surface area contributed by atoms with E-state index in [0.29, 0.717) is 5.69 Å². The van der Waals surface area contributed by atoms with E-state index in [1.807, 2.05) is 50.2 Å². The standard InChI is InChI=1S/C17H15ClN2O/c1-10-7-12(3-4-15(10)18)21-17-6-5-16(19)14-9-20-11(2)8-13(14)17/h3-9H,19H2,1-2H3. The van der Waals surface area contributed by atoms with E-state index in [9.17, 15) is 0 Å². The number of fused-ring (bicyclic) bond motifs is 1. The fourth-order valence-corrected chi connectivity index (χ4v) is 2.35. The molecule has 0 saturated heterocycles. The van der Waals surface area contributed by atoms with Gasteiger partial charge in [-0.2, -0.15) is 0 Å². The Morgan fingerprint density at radius 2 is 1.86 bits per heavy atom. The lowest BCUT2D eigenvalue weighted by molar-refractivity contribution is 0.488. The molecule has 2 N–H and O–H groups in total. The Morgan fingerprint density at radius 3 is 2.62 bits per heavy atom. The number of anilines is 1. The molecule has 1 aromatic heterocycles. The second-order valence-electron chi connectivity index (χ2n) is 5.04. The second kappa shape index (κ2) is 5.26. The number of ether oxygens (including phenoxy) is 1. The minimum atomic E-state index is 0.692. The van der Waals surface area contributed by atoms with Crippen LogP contribution in [0.4, 0.5) is 5.69 Å². The van der Waals surface area contributed by atoms with Crippen molar-refractivity contribution in [3.63, 3.8) is 0 Å². The van der Waals surface area contributed by atoms with E-state index in [1.165, 1.54) is 0 Å². The number of hydrogen-bond acceptors (Lipinski definition) is 3. The maximum absolute atomic E-state index is 6.04. The van der Waals surface area contributed by atoms with E-state index in [2.05, 4.69) is 4.98 Å². The van der Waals surface area contributed by atoms with Crippen LogP contribution in [0.1, 0.15) is 11.3 Å². The van der Waals surface area contributed by atoms with Crippen LogP contribution in [0.5, 0.6) is 11.5 Å². The number of nitrogens with two attached hydrogens (primary N) is 1. The second-order valence-corrected chi connectivity index (χ2v) is 5.44. The zero-order chi connectivity index (χ0) is 15.0. The summed E-state index contributed by atoms with van der Waals surface area (Å²) in [6, 6.07) is 11.3. The minimum absolute atomic E-state index is 0.692. The van der Waals surface area contributed by atoms with Gasteiger partial charge in [0.05, 0.1) is 0 Å². The SMILES string of the molecule is Cc1cc2c(Oc3ccc(Cl)c(C)c3)ccc(N)c2cn1. The van der Waals surface area contributed by atoms with Crippen molar-refractivity contribution >= 4 is 28.1 Å². The molecule has 0 aliphatic carbocycles. The van der Waals surface area contributed by atoms with Crippen molar-refractivity contribution in [2.45, 2.75) is 13.8 Å². The van der Waals surface area contributed by atoms with E-state index in [0.717, 1.165) is 38.6 Å². The molecule has 0 fully saturated rings. The van der Waals surface area contributed by atoms with Crippen LogP contribution in [-0.2, 0) is 0 Å². The highest BCUT2D eigenvalue weighted by atomic mass is 35.5. The van der Waals surface area contributed by atoms with Crippen molar-refractivity contribution in [1.29, 1.82) is 0 Å². The molecule has 3 rings (SSSR count). The number of nitrogens with zero attached hydrogens (tertiary/aromatic N) is 1. The molecule has 0 radical (unpaired) electrons. The van der Waals surface area contributed by atoms with Crippen LogP contribution >= 0.6 is 11.6 Å². The molecule has 21 heavy (non-hydrogen) atoms. The normalized spacial score (nSPS) is 10.8. The first kappa shape index (κ1) is 13.7. The summed E-state index contributed by atoms with van der Waals surface area (Å²) in [6.45, 7) is 3.89. The van der Waals surface area contributed by atoms with Gasteiger partial charge in [0, 0.05) is 33.4 Å². The smallest absolute Gasteiger partial charge is 0.135 e. The maximum Gasteiger partial charge on any atom is 0.135 e. The summed E-state index contributed by atoms with van der Waals surface area (Å²) in [5.41, 5.74) is 8.59. The first-order chi connectivity index (χ1) is 10.0. The van der Waals surface area contributed by atoms with E-state index < -0.39 is 0 Å². The molecule has 1 heterocycles. The Balaban J connectivity index is 2.10. The molecule has 0 aliphatic heterocycles. The van der Waals surface area contributed by atoms with Crippen molar-refractivity contribution in [3.8, 4) is 11.5 Å². The van der Waals surface area contributed by atoms with Gasteiger partial charge in [0.2, 0.25) is 0 Å². The van der Waals surface area contributed by atoms with Gasteiger partial charge in [0.25, 0.3) is 0 Å². The topological polar surface area (TPSA) is 48.1 Å². The number of nitrogen functional groups attached to an aromatic ring is 1. The Labute approximate surface area is 128 Å². The predicted octanol–water partition coefficient (Wildman–Crippen LogP) is 4.88. The average Bonchev–Trinajstić information content (AvgIpc) is 2.46. The average molecular weight is 299 g/mol. The third kappa shape index (κ3) is 2.65. The Morgan fingerprint density at radius 1 is 1.05 bits per heavy atom. The van der Waals surface area contributed by atoms with Crippen LogP contribution in [0, 0.1) is 13.8 Å². The Bertz CT molecular complexity index is 830. The molecule has 0 spiro atoms. The zero-order valence-electron chi connectivity index (χ0n) is 11.9. The van der Waals surface area contributed by atoms with Crippen molar-refractivity contribution in [3.05, 3.63) is 58.9 Å². The molecule has 4 heteroatoms. The summed E-state index contributed by atoms with van der Waals surface area (Å²) in [6.07, 6.45) is 1.78. The van der Waals surface area contributed by atoms with Crippen LogP contribution < -0.4 is 10.5 Å². The monoisotopic (exact) mass is 298 g/mol. The molecule has 2 aromatic carbocycles. The summed E-state index contributed by atoms with van der Waals surface area (Å²) in [4.78, 5) is 4.29. The molecule has 0 unspecified atom stereocenters. The number of aromatic nitrogens is 1. The van der Waals surface area contributed by atoms with Crippen molar-refractivity contribution < 1.29 is 4.74 Å². The van der Waals surface area contributed by atoms with Crippen LogP contribution in [0.3, 0.4) is 0 Å². The molecular weight excluding hydrogens is 284 g/mol. The summed E-state index contributed by atoms with van der Waals surface area (Å²) in [7, 11) is 0. The fraction of sp³-hybridized carbons (Fsp3) is 0.118. The molecule has 0 bridgehead atoms. The van der Waals surface area contributed by atoms with Crippen molar-refractivity contribution in [1.82, 2.24) is 4.98 Å². The summed E-state index contributed by atoms with van der Waals surface area (Å²) < 4.78 is 6.00. The number of pyridine rings is 1. The van der Waals surface area contributed by atoms with Crippen LogP contribution in [0.2, 0.25) is 5.02 Å². The van der Waals surface area contributed by atoms with Crippen LogP contribution in [0.25, 0.3) is 10.8 Å². The van der Waals surface area contributed by atoms with Crippen LogP contribution in [-0.4, -0.2) is 4.98 Å². The fourth-order valence-electron chi connectivity index (χ4n) is 2.24. The maximum atomic E-state index is 6.04. The van der Waals surface area contributed by atoms with Crippen molar-refractivity contribution in [2.24, 2.45) is 0 Å². The minimum Gasteiger partial charge on any atom is -0.457 e. The van der Waals surface area contributed by atoms with E-state index in [1.54, 1.807) is 6.20 Å². The number of rotatable bonds is 2. The van der Waals surface area contributed by atoms with Gasteiger partial charge in [0.1, 0.15) is 11.5 Å². The number of halogens is 1. The number of benzene rings is 2.